The summed E-state index contributed by atoms with van der Waals surface area (Å²) in [7, 11) is 1.58. The van der Waals surface area contributed by atoms with Crippen LogP contribution in [0.1, 0.15) is 23.1 Å². The molecule has 2 aromatic carbocycles. The third-order valence-electron chi connectivity index (χ3n) is 3.60. The second kappa shape index (κ2) is 7.32. The number of aryl methyl sites for hydroxylation is 3. The van der Waals surface area contributed by atoms with Crippen LogP contribution >= 0.6 is 11.6 Å². The third-order valence-corrected chi connectivity index (χ3v) is 3.90. The van der Waals surface area contributed by atoms with Gasteiger partial charge >= 0.3 is 0 Å². The lowest BCUT2D eigenvalue weighted by Gasteiger charge is -2.11. The Morgan fingerprint density at radius 1 is 1.18 bits per heavy atom. The first-order valence-electron chi connectivity index (χ1n) is 7.19. The van der Waals surface area contributed by atoms with E-state index in [0.29, 0.717) is 23.6 Å². The number of para-hydroxylation sites is 1. The van der Waals surface area contributed by atoms with Crippen LogP contribution < -0.4 is 10.1 Å². The van der Waals surface area contributed by atoms with Crippen molar-refractivity contribution in [2.24, 2.45) is 0 Å². The third kappa shape index (κ3) is 4.01. The Morgan fingerprint density at radius 3 is 2.45 bits per heavy atom. The molecule has 0 saturated carbocycles. The van der Waals surface area contributed by atoms with Crippen LogP contribution in [0.2, 0.25) is 5.02 Å². The molecule has 0 fully saturated rings. The van der Waals surface area contributed by atoms with E-state index < -0.39 is 0 Å². The van der Waals surface area contributed by atoms with Crippen LogP contribution in [0.3, 0.4) is 0 Å². The maximum absolute atomic E-state index is 12.1. The molecule has 4 heteroatoms. The number of anilines is 1. The van der Waals surface area contributed by atoms with Gasteiger partial charge in [0.15, 0.2) is 0 Å². The molecule has 0 atom stereocenters. The summed E-state index contributed by atoms with van der Waals surface area (Å²) < 4.78 is 5.12. The highest BCUT2D eigenvalue weighted by Crippen LogP contribution is 2.25. The minimum Gasteiger partial charge on any atom is -0.495 e. The molecule has 0 aromatic heterocycles. The van der Waals surface area contributed by atoms with Gasteiger partial charge in [-0.1, -0.05) is 35.9 Å². The van der Waals surface area contributed by atoms with Gasteiger partial charge in [-0.05, 0) is 49.1 Å². The van der Waals surface area contributed by atoms with Crippen molar-refractivity contribution >= 4 is 23.2 Å². The summed E-state index contributed by atoms with van der Waals surface area (Å²) in [5.74, 6) is 0.648. The topological polar surface area (TPSA) is 38.3 Å². The zero-order valence-corrected chi connectivity index (χ0v) is 13.8. The van der Waals surface area contributed by atoms with E-state index in [1.807, 2.05) is 50.2 Å². The summed E-state index contributed by atoms with van der Waals surface area (Å²) in [5, 5.41) is 3.55. The number of hydrogen-bond acceptors (Lipinski definition) is 2. The molecule has 1 N–H and O–H groups in total. The number of hydrogen-bond donors (Lipinski definition) is 1. The molecule has 0 heterocycles. The normalized spacial score (nSPS) is 10.4. The standard InChI is InChI=1S/C18H20ClNO2/c1-12-5-4-6-13(2)18(12)20-17(21)10-8-14-7-9-16(22-3)15(19)11-14/h4-7,9,11H,8,10H2,1-3H3,(H,20,21). The van der Waals surface area contributed by atoms with Gasteiger partial charge in [0.05, 0.1) is 12.1 Å². The van der Waals surface area contributed by atoms with E-state index in [2.05, 4.69) is 5.32 Å². The average molecular weight is 318 g/mol. The van der Waals surface area contributed by atoms with Crippen LogP contribution in [-0.2, 0) is 11.2 Å². The molecule has 1 amide bonds. The number of carbonyl (C=O) groups is 1. The predicted molar refractivity (Wildman–Crippen MR) is 90.9 cm³/mol. The number of ether oxygens (including phenoxy) is 1. The van der Waals surface area contributed by atoms with Gasteiger partial charge in [0.2, 0.25) is 5.91 Å². The molecule has 0 aliphatic rings. The number of nitrogens with one attached hydrogen (secondary N) is 1. The first-order chi connectivity index (χ1) is 10.5. The van der Waals surface area contributed by atoms with Gasteiger partial charge < -0.3 is 10.1 Å². The molecule has 3 nitrogen and oxygen atoms in total. The van der Waals surface area contributed by atoms with Gasteiger partial charge in [0.25, 0.3) is 0 Å². The van der Waals surface area contributed by atoms with Crippen molar-refractivity contribution in [1.82, 2.24) is 0 Å². The van der Waals surface area contributed by atoms with Gasteiger partial charge in [0, 0.05) is 12.1 Å². The average Bonchev–Trinajstić information content (AvgIpc) is 2.49. The molecule has 0 bridgehead atoms. The largest absolute Gasteiger partial charge is 0.495 e. The van der Waals surface area contributed by atoms with Gasteiger partial charge in [-0.15, -0.1) is 0 Å². The highest BCUT2D eigenvalue weighted by atomic mass is 35.5. The van der Waals surface area contributed by atoms with Gasteiger partial charge in [-0.3, -0.25) is 4.79 Å². The maximum Gasteiger partial charge on any atom is 0.224 e. The summed E-state index contributed by atoms with van der Waals surface area (Å²) >= 11 is 6.09. The fourth-order valence-electron chi connectivity index (χ4n) is 2.34. The first kappa shape index (κ1) is 16.4. The summed E-state index contributed by atoms with van der Waals surface area (Å²) in [5.41, 5.74) is 4.06. The maximum atomic E-state index is 12.1. The van der Waals surface area contributed by atoms with E-state index in [1.54, 1.807) is 7.11 Å². The molecular weight excluding hydrogens is 298 g/mol. The van der Waals surface area contributed by atoms with Crippen molar-refractivity contribution in [2.75, 3.05) is 12.4 Å². The molecule has 2 rings (SSSR count). The van der Waals surface area contributed by atoms with Crippen molar-refractivity contribution in [3.63, 3.8) is 0 Å². The van der Waals surface area contributed by atoms with Crippen molar-refractivity contribution < 1.29 is 9.53 Å². The van der Waals surface area contributed by atoms with E-state index in [1.165, 1.54) is 0 Å². The van der Waals surface area contributed by atoms with Crippen LogP contribution in [-0.4, -0.2) is 13.0 Å². The summed E-state index contributed by atoms with van der Waals surface area (Å²) in [6, 6.07) is 11.6. The second-order valence-corrected chi connectivity index (χ2v) is 5.69. The fraction of sp³-hybridized carbons (Fsp3) is 0.278. The molecule has 0 unspecified atom stereocenters. The van der Waals surface area contributed by atoms with Crippen molar-refractivity contribution in [1.29, 1.82) is 0 Å². The molecule has 22 heavy (non-hydrogen) atoms. The minimum absolute atomic E-state index is 0.00402. The van der Waals surface area contributed by atoms with Crippen molar-refractivity contribution in [3.8, 4) is 5.75 Å². The van der Waals surface area contributed by atoms with Crippen LogP contribution in [0, 0.1) is 13.8 Å². The van der Waals surface area contributed by atoms with E-state index in [-0.39, 0.29) is 5.91 Å². The lowest BCUT2D eigenvalue weighted by molar-refractivity contribution is -0.116. The number of rotatable bonds is 5. The van der Waals surface area contributed by atoms with Crippen molar-refractivity contribution in [2.45, 2.75) is 26.7 Å². The molecule has 0 saturated heterocycles. The molecule has 2 aromatic rings. The smallest absolute Gasteiger partial charge is 0.224 e. The van der Waals surface area contributed by atoms with Crippen LogP contribution in [0.4, 0.5) is 5.69 Å². The Morgan fingerprint density at radius 2 is 1.86 bits per heavy atom. The van der Waals surface area contributed by atoms with Crippen LogP contribution in [0.15, 0.2) is 36.4 Å². The number of halogens is 1. The quantitative estimate of drug-likeness (QED) is 0.879. The number of amides is 1. The minimum atomic E-state index is 0.00402. The zero-order chi connectivity index (χ0) is 16.1. The van der Waals surface area contributed by atoms with Gasteiger partial charge in [-0.2, -0.15) is 0 Å². The number of carbonyl (C=O) groups excluding carboxylic acids is 1. The Labute approximate surface area is 136 Å². The number of benzene rings is 2. The lowest BCUT2D eigenvalue weighted by atomic mass is 10.1. The van der Waals surface area contributed by atoms with E-state index in [4.69, 9.17) is 16.3 Å². The van der Waals surface area contributed by atoms with Crippen LogP contribution in [0.25, 0.3) is 0 Å². The van der Waals surface area contributed by atoms with E-state index in [9.17, 15) is 4.79 Å². The highest BCUT2D eigenvalue weighted by Gasteiger charge is 2.08. The number of methoxy groups -OCH3 is 1. The second-order valence-electron chi connectivity index (χ2n) is 5.28. The van der Waals surface area contributed by atoms with E-state index in [0.717, 1.165) is 22.4 Å². The molecular formula is C18H20ClNO2. The monoisotopic (exact) mass is 317 g/mol. The first-order valence-corrected chi connectivity index (χ1v) is 7.57. The summed E-state index contributed by atoms with van der Waals surface area (Å²) in [6.45, 7) is 3.98. The Bertz CT molecular complexity index is 663. The molecule has 0 radical (unpaired) electrons. The summed E-state index contributed by atoms with van der Waals surface area (Å²) in [4.78, 5) is 12.1. The molecule has 0 aliphatic carbocycles. The Balaban J connectivity index is 1.97. The fourth-order valence-corrected chi connectivity index (χ4v) is 2.62. The predicted octanol–water partition coefficient (Wildman–Crippen LogP) is 4.54. The molecule has 0 spiro atoms. The Hall–Kier alpha value is -2.00. The zero-order valence-electron chi connectivity index (χ0n) is 13.1. The van der Waals surface area contributed by atoms with Gasteiger partial charge in [-0.25, -0.2) is 0 Å². The Kier molecular flexibility index (Phi) is 5.45. The SMILES string of the molecule is COc1ccc(CCC(=O)Nc2c(C)cccc2C)cc1Cl. The molecule has 116 valence electrons. The van der Waals surface area contributed by atoms with Crippen LogP contribution in [0.5, 0.6) is 5.75 Å². The summed E-state index contributed by atoms with van der Waals surface area (Å²) in [6.07, 6.45) is 1.05. The lowest BCUT2D eigenvalue weighted by Crippen LogP contribution is -2.14. The van der Waals surface area contributed by atoms with Gasteiger partial charge in [0.1, 0.15) is 5.75 Å². The van der Waals surface area contributed by atoms with E-state index >= 15 is 0 Å². The van der Waals surface area contributed by atoms with Crippen molar-refractivity contribution in [3.05, 3.63) is 58.1 Å². The molecule has 0 aliphatic heterocycles. The highest BCUT2D eigenvalue weighted by molar-refractivity contribution is 6.32.